The van der Waals surface area contributed by atoms with E-state index in [1.54, 1.807) is 61.7 Å². The first-order valence-electron chi connectivity index (χ1n) is 9.46. The van der Waals surface area contributed by atoms with Gasteiger partial charge in [-0.3, -0.25) is 4.98 Å². The number of anilines is 1. The molecule has 0 saturated heterocycles. The van der Waals surface area contributed by atoms with Crippen LogP contribution in [0.1, 0.15) is 28.8 Å². The average molecular weight is 402 g/mol. The maximum atomic E-state index is 14.4. The van der Waals surface area contributed by atoms with Crippen LogP contribution in [-0.2, 0) is 5.54 Å². The first-order valence-corrected chi connectivity index (χ1v) is 9.46. The third-order valence-electron chi connectivity index (χ3n) is 5.17. The van der Waals surface area contributed by atoms with Crippen molar-refractivity contribution in [2.45, 2.75) is 18.9 Å². The number of carbonyl (C=O) groups excluding carboxylic acids is 1. The summed E-state index contributed by atoms with van der Waals surface area (Å²) in [6.07, 6.45) is 2.01. The molecule has 3 aromatic rings. The number of aromatic nitrogens is 1. The van der Waals surface area contributed by atoms with Crippen LogP contribution in [0.25, 0.3) is 0 Å². The molecule has 7 heteroatoms. The Bertz CT molecular complexity index is 1140. The van der Waals surface area contributed by atoms with Crippen molar-refractivity contribution < 1.29 is 13.9 Å². The summed E-state index contributed by atoms with van der Waals surface area (Å²) < 4.78 is 20.2. The van der Waals surface area contributed by atoms with Gasteiger partial charge in [0.15, 0.2) is 0 Å². The summed E-state index contributed by atoms with van der Waals surface area (Å²) >= 11 is 0. The molecular formula is C23H19FN4O2. The molecule has 2 N–H and O–H groups in total. The van der Waals surface area contributed by atoms with E-state index in [0.717, 1.165) is 0 Å². The zero-order chi connectivity index (χ0) is 21.1. The van der Waals surface area contributed by atoms with Gasteiger partial charge >= 0.3 is 6.03 Å². The summed E-state index contributed by atoms with van der Waals surface area (Å²) in [6.45, 7) is 2.03. The maximum Gasteiger partial charge on any atom is 0.320 e. The number of urea groups is 1. The molecule has 1 atom stereocenters. The Labute approximate surface area is 173 Å². The van der Waals surface area contributed by atoms with E-state index < -0.39 is 11.6 Å². The van der Waals surface area contributed by atoms with Gasteiger partial charge < -0.3 is 15.4 Å². The lowest BCUT2D eigenvalue weighted by Crippen LogP contribution is -2.51. The van der Waals surface area contributed by atoms with E-state index in [9.17, 15) is 9.18 Å². The number of hydrogen-bond acceptors (Lipinski definition) is 4. The third kappa shape index (κ3) is 3.55. The number of pyridine rings is 1. The second-order valence-corrected chi connectivity index (χ2v) is 7.09. The topological polar surface area (TPSA) is 87.0 Å². The fourth-order valence-corrected chi connectivity index (χ4v) is 3.58. The molecule has 0 unspecified atom stereocenters. The summed E-state index contributed by atoms with van der Waals surface area (Å²) in [7, 11) is 0. The summed E-state index contributed by atoms with van der Waals surface area (Å²) in [4.78, 5) is 17.4. The van der Waals surface area contributed by atoms with E-state index in [1.165, 1.54) is 6.07 Å². The molecule has 1 aliphatic heterocycles. The first kappa shape index (κ1) is 19.4. The van der Waals surface area contributed by atoms with Crippen molar-refractivity contribution in [1.82, 2.24) is 10.3 Å². The quantitative estimate of drug-likeness (QED) is 0.686. The van der Waals surface area contributed by atoms with Crippen LogP contribution in [0.15, 0.2) is 60.8 Å². The van der Waals surface area contributed by atoms with E-state index in [1.807, 2.05) is 6.07 Å². The highest BCUT2D eigenvalue weighted by Gasteiger charge is 2.42. The summed E-state index contributed by atoms with van der Waals surface area (Å²) in [5.74, 6) is 0.188. The zero-order valence-electron chi connectivity index (χ0n) is 16.3. The van der Waals surface area contributed by atoms with Crippen molar-refractivity contribution >= 4 is 11.7 Å². The number of halogens is 1. The molecule has 1 aromatic heterocycles. The minimum absolute atomic E-state index is 0.339. The average Bonchev–Trinajstić information content (AvgIpc) is 2.76. The van der Waals surface area contributed by atoms with Gasteiger partial charge in [-0.15, -0.1) is 0 Å². The molecule has 0 spiro atoms. The highest BCUT2D eigenvalue weighted by molar-refractivity contribution is 5.90. The molecule has 2 heterocycles. The van der Waals surface area contributed by atoms with Crippen LogP contribution in [-0.4, -0.2) is 17.6 Å². The lowest BCUT2D eigenvalue weighted by atomic mass is 9.81. The summed E-state index contributed by atoms with van der Waals surface area (Å²) in [5.41, 5.74) is 1.60. The van der Waals surface area contributed by atoms with Gasteiger partial charge in [-0.25, -0.2) is 9.18 Å². The number of aryl methyl sites for hydroxylation is 1. The number of nitrogens with one attached hydrogen (secondary N) is 2. The normalized spacial score (nSPS) is 17.2. The molecule has 4 rings (SSSR count). The van der Waals surface area contributed by atoms with Gasteiger partial charge in [-0.05, 0) is 60.5 Å². The molecule has 0 saturated carbocycles. The van der Waals surface area contributed by atoms with Gasteiger partial charge in [0.25, 0.3) is 0 Å². The molecule has 2 amide bonds. The van der Waals surface area contributed by atoms with E-state index in [0.29, 0.717) is 46.8 Å². The van der Waals surface area contributed by atoms with Gasteiger partial charge in [0.05, 0.1) is 18.2 Å². The second kappa shape index (κ2) is 7.84. The number of benzene rings is 2. The molecule has 0 bridgehead atoms. The molecule has 30 heavy (non-hydrogen) atoms. The predicted molar refractivity (Wildman–Crippen MR) is 110 cm³/mol. The van der Waals surface area contributed by atoms with E-state index in [-0.39, 0.29) is 5.82 Å². The zero-order valence-corrected chi connectivity index (χ0v) is 16.3. The number of rotatable bonds is 3. The third-order valence-corrected chi connectivity index (χ3v) is 5.17. The predicted octanol–water partition coefficient (Wildman–Crippen LogP) is 4.25. The summed E-state index contributed by atoms with van der Waals surface area (Å²) in [6, 6.07) is 16.5. The number of hydrogen-bond donors (Lipinski definition) is 2. The fraction of sp³-hybridized carbons (Fsp3) is 0.174. The molecule has 0 radical (unpaired) electrons. The number of amides is 2. The Hall–Kier alpha value is -3.92. The number of nitriles is 1. The van der Waals surface area contributed by atoms with Crippen molar-refractivity contribution in [3.05, 3.63) is 89.0 Å². The van der Waals surface area contributed by atoms with Crippen LogP contribution in [0.2, 0.25) is 0 Å². The second-order valence-electron chi connectivity index (χ2n) is 7.09. The van der Waals surface area contributed by atoms with Crippen molar-refractivity contribution in [1.29, 1.82) is 5.26 Å². The Morgan fingerprint density at radius 2 is 2.03 bits per heavy atom. The van der Waals surface area contributed by atoms with Gasteiger partial charge in [0.2, 0.25) is 0 Å². The molecule has 0 aliphatic carbocycles. The van der Waals surface area contributed by atoms with E-state index in [2.05, 4.69) is 15.6 Å². The highest BCUT2D eigenvalue weighted by atomic mass is 19.1. The number of carbonyl (C=O) groups is 1. The largest absolute Gasteiger partial charge is 0.491 e. The van der Waals surface area contributed by atoms with Crippen LogP contribution < -0.4 is 15.4 Å². The Morgan fingerprint density at radius 3 is 2.77 bits per heavy atom. The number of ether oxygens (including phenoxy) is 1. The molecule has 2 aromatic carbocycles. The number of nitrogens with zero attached hydrogens (tertiary/aromatic N) is 2. The number of fused-ring (bicyclic) bond motifs is 1. The molecule has 6 nitrogen and oxygen atoms in total. The fourth-order valence-electron chi connectivity index (χ4n) is 3.58. The lowest BCUT2D eigenvalue weighted by molar-refractivity contribution is 0.200. The van der Waals surface area contributed by atoms with Crippen LogP contribution >= 0.6 is 0 Å². The van der Waals surface area contributed by atoms with Gasteiger partial charge in [-0.2, -0.15) is 5.26 Å². The van der Waals surface area contributed by atoms with Crippen molar-refractivity contribution in [3.8, 4) is 11.8 Å². The minimum Gasteiger partial charge on any atom is -0.491 e. The van der Waals surface area contributed by atoms with Gasteiger partial charge in [0.1, 0.15) is 22.8 Å². The smallest absolute Gasteiger partial charge is 0.320 e. The van der Waals surface area contributed by atoms with Gasteiger partial charge in [0, 0.05) is 18.3 Å². The van der Waals surface area contributed by atoms with Crippen LogP contribution in [0.5, 0.6) is 5.75 Å². The first-order chi connectivity index (χ1) is 14.5. The van der Waals surface area contributed by atoms with Crippen molar-refractivity contribution in [2.75, 3.05) is 11.9 Å². The Morgan fingerprint density at radius 1 is 1.23 bits per heavy atom. The minimum atomic E-state index is -1.06. The van der Waals surface area contributed by atoms with Gasteiger partial charge in [-0.1, -0.05) is 12.1 Å². The van der Waals surface area contributed by atoms with E-state index in [4.69, 9.17) is 10.00 Å². The molecular weight excluding hydrogens is 383 g/mol. The standard InChI is InChI=1S/C23H19FN4O2/c1-15-4-7-17(13-19(15)24)23(10-12-30-20-3-2-11-26-21(20)23)28-22(29)27-18-8-5-16(14-25)6-9-18/h2-9,11,13H,10,12H2,1H3,(H2,27,28,29)/t23-/m0/s1. The van der Waals surface area contributed by atoms with E-state index >= 15 is 0 Å². The summed E-state index contributed by atoms with van der Waals surface area (Å²) in [5, 5.41) is 14.7. The molecule has 1 aliphatic rings. The van der Waals surface area contributed by atoms with Crippen LogP contribution in [0.3, 0.4) is 0 Å². The maximum absolute atomic E-state index is 14.4. The van der Waals surface area contributed by atoms with Crippen molar-refractivity contribution in [2.24, 2.45) is 0 Å². The van der Waals surface area contributed by atoms with Crippen LogP contribution in [0.4, 0.5) is 14.9 Å². The highest BCUT2D eigenvalue weighted by Crippen LogP contribution is 2.40. The monoisotopic (exact) mass is 402 g/mol. The van der Waals surface area contributed by atoms with Crippen LogP contribution in [0, 0.1) is 24.1 Å². The van der Waals surface area contributed by atoms with Crippen molar-refractivity contribution in [3.63, 3.8) is 0 Å². The molecule has 150 valence electrons. The lowest BCUT2D eigenvalue weighted by Gasteiger charge is -2.39. The SMILES string of the molecule is Cc1ccc([C@@]2(NC(=O)Nc3ccc(C#N)cc3)CCOc3cccnc32)cc1F. The molecule has 0 fully saturated rings. The Balaban J connectivity index is 1.72. The Kier molecular flexibility index (Phi) is 5.07.